The normalized spacial score (nSPS) is 19.1. The van der Waals surface area contributed by atoms with Gasteiger partial charge in [-0.2, -0.15) is 0 Å². The highest BCUT2D eigenvalue weighted by Gasteiger charge is 2.46. The molecule has 0 saturated carbocycles. The second-order valence-corrected chi connectivity index (χ2v) is 6.47. The van der Waals surface area contributed by atoms with E-state index in [9.17, 15) is 14.7 Å². The highest BCUT2D eigenvalue weighted by molar-refractivity contribution is 6.09. The van der Waals surface area contributed by atoms with E-state index >= 15 is 0 Å². The number of hydrogen-bond donors (Lipinski definition) is 2. The summed E-state index contributed by atoms with van der Waals surface area (Å²) < 4.78 is 0. The zero-order chi connectivity index (χ0) is 17.5. The largest absolute Gasteiger partial charge is 0.375 e. The van der Waals surface area contributed by atoms with E-state index in [2.05, 4.69) is 5.32 Å². The molecular weight excluding hydrogens is 302 g/mol. The van der Waals surface area contributed by atoms with Crippen LogP contribution < -0.4 is 5.32 Å². The van der Waals surface area contributed by atoms with Gasteiger partial charge in [-0.05, 0) is 37.5 Å². The van der Waals surface area contributed by atoms with Crippen LogP contribution in [0.15, 0.2) is 36.4 Å². The highest BCUT2D eigenvalue weighted by atomic mass is 16.3. The fourth-order valence-corrected chi connectivity index (χ4v) is 3.24. The molecule has 4 heteroatoms. The molecule has 0 fully saturated rings. The Kier molecular flexibility index (Phi) is 4.01. The van der Waals surface area contributed by atoms with Crippen LogP contribution >= 0.6 is 0 Å². The van der Waals surface area contributed by atoms with Gasteiger partial charge in [0, 0.05) is 16.8 Å². The molecule has 2 N–H and O–H groups in total. The molecule has 4 nitrogen and oxygen atoms in total. The van der Waals surface area contributed by atoms with E-state index in [1.165, 1.54) is 0 Å². The number of aliphatic hydroxyl groups is 1. The van der Waals surface area contributed by atoms with Crippen molar-refractivity contribution in [3.8, 4) is 0 Å². The Morgan fingerprint density at radius 2 is 1.92 bits per heavy atom. The minimum absolute atomic E-state index is 0.236. The van der Waals surface area contributed by atoms with Gasteiger partial charge in [0.15, 0.2) is 11.4 Å². The first-order valence-electron chi connectivity index (χ1n) is 8.13. The zero-order valence-corrected chi connectivity index (χ0v) is 14.1. The molecule has 1 heterocycles. The molecule has 1 aliphatic rings. The van der Waals surface area contributed by atoms with E-state index in [-0.39, 0.29) is 12.2 Å². The molecule has 0 saturated heterocycles. The van der Waals surface area contributed by atoms with Gasteiger partial charge < -0.3 is 10.4 Å². The van der Waals surface area contributed by atoms with Crippen LogP contribution in [-0.4, -0.2) is 16.8 Å². The van der Waals surface area contributed by atoms with Crippen molar-refractivity contribution in [1.82, 2.24) is 0 Å². The first kappa shape index (κ1) is 16.4. The maximum atomic E-state index is 12.7. The second-order valence-electron chi connectivity index (χ2n) is 6.47. The van der Waals surface area contributed by atoms with E-state index in [1.807, 2.05) is 45.0 Å². The number of fused-ring (bicyclic) bond motifs is 1. The molecule has 24 heavy (non-hydrogen) atoms. The molecular formula is C20H21NO3. The summed E-state index contributed by atoms with van der Waals surface area (Å²) in [4.78, 5) is 25.1. The van der Waals surface area contributed by atoms with Crippen molar-refractivity contribution in [2.24, 2.45) is 0 Å². The van der Waals surface area contributed by atoms with Crippen LogP contribution in [0, 0.1) is 13.8 Å². The van der Waals surface area contributed by atoms with E-state index in [0.717, 1.165) is 23.1 Å². The van der Waals surface area contributed by atoms with Crippen LogP contribution in [0.1, 0.15) is 46.0 Å². The van der Waals surface area contributed by atoms with Gasteiger partial charge in [0.1, 0.15) is 0 Å². The predicted octanol–water partition coefficient (Wildman–Crippen LogP) is 3.28. The van der Waals surface area contributed by atoms with Crippen molar-refractivity contribution in [3.05, 3.63) is 64.2 Å². The Labute approximate surface area is 141 Å². The highest BCUT2D eigenvalue weighted by Crippen LogP contribution is 2.39. The quantitative estimate of drug-likeness (QED) is 0.849. The first-order chi connectivity index (χ1) is 11.3. The van der Waals surface area contributed by atoms with Crippen LogP contribution in [0.25, 0.3) is 0 Å². The van der Waals surface area contributed by atoms with E-state index in [4.69, 9.17) is 0 Å². The number of anilines is 1. The van der Waals surface area contributed by atoms with Gasteiger partial charge in [0.05, 0.1) is 6.42 Å². The summed E-state index contributed by atoms with van der Waals surface area (Å²) in [5, 5.41) is 13.7. The molecule has 3 rings (SSSR count). The fraction of sp³-hybridized carbons (Fsp3) is 0.300. The number of hydrogen-bond acceptors (Lipinski definition) is 3. The van der Waals surface area contributed by atoms with Crippen LogP contribution in [0.4, 0.5) is 5.69 Å². The number of carbonyl (C=O) groups is 2. The number of ketones is 1. The Hall–Kier alpha value is -2.46. The Bertz CT molecular complexity index is 841. The zero-order valence-electron chi connectivity index (χ0n) is 14.1. The van der Waals surface area contributed by atoms with Gasteiger partial charge in [-0.15, -0.1) is 0 Å². The SMILES string of the molecule is CCc1ccc2c(c1)C(O)(CC(=O)c1ccc(C)cc1C)C(=O)N2. The van der Waals surface area contributed by atoms with Crippen LogP contribution in [0.5, 0.6) is 0 Å². The first-order valence-corrected chi connectivity index (χ1v) is 8.13. The summed E-state index contributed by atoms with van der Waals surface area (Å²) >= 11 is 0. The van der Waals surface area contributed by atoms with Crippen molar-refractivity contribution in [1.29, 1.82) is 0 Å². The average Bonchev–Trinajstić information content (AvgIpc) is 2.77. The summed E-state index contributed by atoms with van der Waals surface area (Å²) in [7, 11) is 0. The van der Waals surface area contributed by atoms with E-state index in [1.54, 1.807) is 12.1 Å². The van der Waals surface area contributed by atoms with Crippen LogP contribution in [0.3, 0.4) is 0 Å². The summed E-state index contributed by atoms with van der Waals surface area (Å²) in [5.74, 6) is -0.774. The van der Waals surface area contributed by atoms with E-state index in [0.29, 0.717) is 16.8 Å². The molecule has 1 amide bonds. The minimum atomic E-state index is -1.81. The molecule has 0 aliphatic carbocycles. The van der Waals surface area contributed by atoms with Gasteiger partial charge in [0.2, 0.25) is 0 Å². The van der Waals surface area contributed by atoms with E-state index < -0.39 is 11.5 Å². The third kappa shape index (κ3) is 2.63. The molecule has 1 aliphatic heterocycles. The number of amides is 1. The molecule has 0 aromatic heterocycles. The van der Waals surface area contributed by atoms with Crippen molar-refractivity contribution in [2.75, 3.05) is 5.32 Å². The lowest BCUT2D eigenvalue weighted by molar-refractivity contribution is -0.133. The van der Waals surface area contributed by atoms with Crippen molar-refractivity contribution >= 4 is 17.4 Å². The Balaban J connectivity index is 1.97. The van der Waals surface area contributed by atoms with Gasteiger partial charge in [0.25, 0.3) is 5.91 Å². The molecule has 2 aromatic rings. The molecule has 0 spiro atoms. The number of Topliss-reactive ketones (excluding diaryl/α,β-unsaturated/α-hetero) is 1. The lowest BCUT2D eigenvalue weighted by Gasteiger charge is -2.21. The monoisotopic (exact) mass is 323 g/mol. The summed E-state index contributed by atoms with van der Waals surface area (Å²) in [6.45, 7) is 5.83. The topological polar surface area (TPSA) is 66.4 Å². The number of nitrogens with one attached hydrogen (secondary N) is 1. The van der Waals surface area contributed by atoms with Crippen LogP contribution in [-0.2, 0) is 16.8 Å². The fourth-order valence-electron chi connectivity index (χ4n) is 3.24. The summed E-state index contributed by atoms with van der Waals surface area (Å²) in [5.41, 5.74) is 2.74. The summed E-state index contributed by atoms with van der Waals surface area (Å²) in [6.07, 6.45) is 0.533. The van der Waals surface area contributed by atoms with Crippen molar-refractivity contribution < 1.29 is 14.7 Å². The molecule has 0 bridgehead atoms. The standard InChI is InChI=1S/C20H21NO3/c1-4-14-6-8-17-16(10-14)20(24,19(23)21-17)11-18(22)15-7-5-12(2)9-13(15)3/h5-10,24H,4,11H2,1-3H3,(H,21,23). The van der Waals surface area contributed by atoms with Crippen molar-refractivity contribution in [2.45, 2.75) is 39.2 Å². The average molecular weight is 323 g/mol. The van der Waals surface area contributed by atoms with Gasteiger partial charge in [-0.3, -0.25) is 9.59 Å². The molecule has 124 valence electrons. The second kappa shape index (κ2) is 5.87. The lowest BCUT2D eigenvalue weighted by atomic mass is 9.86. The maximum absolute atomic E-state index is 12.7. The predicted molar refractivity (Wildman–Crippen MR) is 93.2 cm³/mol. The molecule has 0 radical (unpaired) electrons. The molecule has 2 aromatic carbocycles. The number of rotatable bonds is 4. The number of carbonyl (C=O) groups excluding carboxylic acids is 2. The van der Waals surface area contributed by atoms with Gasteiger partial charge >= 0.3 is 0 Å². The minimum Gasteiger partial charge on any atom is -0.375 e. The lowest BCUT2D eigenvalue weighted by Crippen LogP contribution is -2.36. The Morgan fingerprint density at radius 3 is 2.58 bits per heavy atom. The number of aryl methyl sites for hydroxylation is 3. The van der Waals surface area contributed by atoms with Gasteiger partial charge in [-0.25, -0.2) is 0 Å². The maximum Gasteiger partial charge on any atom is 0.261 e. The number of benzene rings is 2. The third-order valence-electron chi connectivity index (χ3n) is 4.66. The Morgan fingerprint density at radius 1 is 1.17 bits per heavy atom. The molecule has 1 unspecified atom stereocenters. The molecule has 1 atom stereocenters. The smallest absolute Gasteiger partial charge is 0.261 e. The third-order valence-corrected chi connectivity index (χ3v) is 4.66. The van der Waals surface area contributed by atoms with Gasteiger partial charge in [-0.1, -0.05) is 42.8 Å². The van der Waals surface area contributed by atoms with Crippen LogP contribution in [0.2, 0.25) is 0 Å². The van der Waals surface area contributed by atoms with Crippen molar-refractivity contribution in [3.63, 3.8) is 0 Å². The summed E-state index contributed by atoms with van der Waals surface area (Å²) in [6, 6.07) is 11.1.